The monoisotopic (exact) mass is 374 g/mol. The number of aromatic hydroxyl groups is 1. The molecule has 0 aliphatic rings. The number of phenols is 1. The molecule has 28 heavy (non-hydrogen) atoms. The van der Waals surface area contributed by atoms with Gasteiger partial charge in [-0.05, 0) is 53.6 Å². The van der Waals surface area contributed by atoms with Crippen molar-refractivity contribution in [1.82, 2.24) is 0 Å². The first-order chi connectivity index (χ1) is 13.8. The van der Waals surface area contributed by atoms with Crippen LogP contribution in [0.15, 0.2) is 78.9 Å². The molecule has 0 aliphatic carbocycles. The summed E-state index contributed by atoms with van der Waals surface area (Å²) in [4.78, 5) is 0. The van der Waals surface area contributed by atoms with Gasteiger partial charge >= 0.3 is 0 Å². The van der Waals surface area contributed by atoms with E-state index in [1.807, 2.05) is 18.2 Å². The molecule has 0 unspecified atom stereocenters. The van der Waals surface area contributed by atoms with Crippen LogP contribution in [0.5, 0.6) is 5.75 Å². The molecule has 3 aromatic carbocycles. The van der Waals surface area contributed by atoms with E-state index in [-0.39, 0.29) is 0 Å². The summed E-state index contributed by atoms with van der Waals surface area (Å²) in [7, 11) is 0. The Kier molecular flexibility index (Phi) is 8.14. The van der Waals surface area contributed by atoms with E-state index in [0.717, 1.165) is 31.6 Å². The second-order valence-corrected chi connectivity index (χ2v) is 7.30. The number of benzene rings is 3. The van der Waals surface area contributed by atoms with Gasteiger partial charge in [0.2, 0.25) is 0 Å². The molecule has 0 aromatic heterocycles. The maximum absolute atomic E-state index is 9.39. The van der Waals surface area contributed by atoms with Crippen molar-refractivity contribution in [3.8, 4) is 16.9 Å². The number of hydrogen-bond acceptors (Lipinski definition) is 2. The Morgan fingerprint density at radius 2 is 1.18 bits per heavy atom. The van der Waals surface area contributed by atoms with Gasteiger partial charge in [0.25, 0.3) is 0 Å². The smallest absolute Gasteiger partial charge is 0.115 e. The zero-order chi connectivity index (χ0) is 19.4. The van der Waals surface area contributed by atoms with Crippen LogP contribution in [0.25, 0.3) is 11.1 Å². The predicted octanol–water partition coefficient (Wildman–Crippen LogP) is 6.77. The summed E-state index contributed by atoms with van der Waals surface area (Å²) in [5.41, 5.74) is 4.98. The lowest BCUT2D eigenvalue weighted by Crippen LogP contribution is -1.95. The summed E-state index contributed by atoms with van der Waals surface area (Å²) >= 11 is 0. The van der Waals surface area contributed by atoms with Crippen molar-refractivity contribution in [2.45, 2.75) is 45.1 Å². The summed E-state index contributed by atoms with van der Waals surface area (Å²) in [6.45, 7) is 1.58. The molecule has 3 aromatic rings. The second kappa shape index (κ2) is 11.3. The van der Waals surface area contributed by atoms with Gasteiger partial charge in [0, 0.05) is 6.61 Å². The molecule has 0 aliphatic heterocycles. The highest BCUT2D eigenvalue weighted by Gasteiger charge is 1.99. The van der Waals surface area contributed by atoms with Crippen molar-refractivity contribution in [1.29, 1.82) is 0 Å². The Bertz CT molecular complexity index is 792. The molecule has 0 radical (unpaired) electrons. The minimum atomic E-state index is 0.308. The molecule has 0 fully saturated rings. The summed E-state index contributed by atoms with van der Waals surface area (Å²) in [6, 6.07) is 26.5. The Hall–Kier alpha value is -2.58. The quantitative estimate of drug-likeness (QED) is 0.375. The van der Waals surface area contributed by atoms with Crippen LogP contribution in [0.1, 0.15) is 43.2 Å². The van der Waals surface area contributed by atoms with Gasteiger partial charge in [0.1, 0.15) is 5.75 Å². The first-order valence-electron chi connectivity index (χ1n) is 10.3. The minimum Gasteiger partial charge on any atom is -0.508 e. The normalized spacial score (nSPS) is 10.9. The molecular weight excluding hydrogens is 344 g/mol. The van der Waals surface area contributed by atoms with Crippen molar-refractivity contribution < 1.29 is 9.84 Å². The number of ether oxygens (including phenoxy) is 1. The highest BCUT2D eigenvalue weighted by Crippen LogP contribution is 2.22. The minimum absolute atomic E-state index is 0.308. The van der Waals surface area contributed by atoms with E-state index in [2.05, 4.69) is 48.5 Å². The SMILES string of the molecule is Oc1ccc(-c2ccc(CCCCCCCOCc3ccccc3)cc2)cc1. The number of rotatable bonds is 11. The van der Waals surface area contributed by atoms with Gasteiger partial charge in [-0.3, -0.25) is 0 Å². The highest BCUT2D eigenvalue weighted by molar-refractivity contribution is 5.64. The number of phenolic OH excluding ortho intramolecular Hbond substituents is 1. The van der Waals surface area contributed by atoms with Crippen molar-refractivity contribution in [3.63, 3.8) is 0 Å². The van der Waals surface area contributed by atoms with E-state index >= 15 is 0 Å². The number of hydrogen-bond donors (Lipinski definition) is 1. The van der Waals surface area contributed by atoms with E-state index in [9.17, 15) is 5.11 Å². The van der Waals surface area contributed by atoms with E-state index in [0.29, 0.717) is 5.75 Å². The summed E-state index contributed by atoms with van der Waals surface area (Å²) in [5, 5.41) is 9.39. The Morgan fingerprint density at radius 1 is 0.571 bits per heavy atom. The number of unbranched alkanes of at least 4 members (excludes halogenated alkanes) is 4. The maximum Gasteiger partial charge on any atom is 0.115 e. The summed E-state index contributed by atoms with van der Waals surface area (Å²) < 4.78 is 5.74. The third kappa shape index (κ3) is 6.86. The lowest BCUT2D eigenvalue weighted by atomic mass is 10.0. The van der Waals surface area contributed by atoms with Crippen LogP contribution in [0, 0.1) is 0 Å². The lowest BCUT2D eigenvalue weighted by Gasteiger charge is -2.06. The van der Waals surface area contributed by atoms with Crippen LogP contribution in [0.4, 0.5) is 0 Å². The van der Waals surface area contributed by atoms with Crippen LogP contribution in [-0.2, 0) is 17.8 Å². The van der Waals surface area contributed by atoms with Gasteiger partial charge in [-0.25, -0.2) is 0 Å². The fourth-order valence-corrected chi connectivity index (χ4v) is 3.35. The summed E-state index contributed by atoms with van der Waals surface area (Å²) in [5.74, 6) is 0.308. The topological polar surface area (TPSA) is 29.5 Å². The lowest BCUT2D eigenvalue weighted by molar-refractivity contribution is 0.116. The molecule has 0 heterocycles. The second-order valence-electron chi connectivity index (χ2n) is 7.30. The fourth-order valence-electron chi connectivity index (χ4n) is 3.35. The highest BCUT2D eigenvalue weighted by atomic mass is 16.5. The zero-order valence-electron chi connectivity index (χ0n) is 16.5. The van der Waals surface area contributed by atoms with E-state index < -0.39 is 0 Å². The van der Waals surface area contributed by atoms with Crippen LogP contribution in [0.3, 0.4) is 0 Å². The molecule has 146 valence electrons. The van der Waals surface area contributed by atoms with Crippen LogP contribution in [-0.4, -0.2) is 11.7 Å². The van der Waals surface area contributed by atoms with Gasteiger partial charge in [-0.1, -0.05) is 86.0 Å². The summed E-state index contributed by atoms with van der Waals surface area (Å²) in [6.07, 6.45) is 7.32. The predicted molar refractivity (Wildman–Crippen MR) is 116 cm³/mol. The van der Waals surface area contributed by atoms with Crippen molar-refractivity contribution in [2.75, 3.05) is 6.61 Å². The molecule has 0 spiro atoms. The molecule has 3 rings (SSSR count). The van der Waals surface area contributed by atoms with Crippen molar-refractivity contribution >= 4 is 0 Å². The molecule has 0 saturated heterocycles. The number of aryl methyl sites for hydroxylation is 1. The van der Waals surface area contributed by atoms with E-state index in [4.69, 9.17) is 4.74 Å². The molecule has 0 saturated carbocycles. The maximum atomic E-state index is 9.39. The zero-order valence-corrected chi connectivity index (χ0v) is 16.5. The van der Waals surface area contributed by atoms with Crippen molar-refractivity contribution in [3.05, 3.63) is 90.0 Å². The standard InChI is InChI=1S/C26H30O2/c27-26-18-16-25(17-19-26)24-14-12-22(13-15-24)9-5-2-1-3-8-20-28-21-23-10-6-4-7-11-23/h4,6-7,10-19,27H,1-3,5,8-9,20-21H2. The Labute approximate surface area is 168 Å². The molecular formula is C26H30O2. The molecule has 0 bridgehead atoms. The first kappa shape index (κ1) is 20.2. The molecule has 0 atom stereocenters. The van der Waals surface area contributed by atoms with Gasteiger partial charge in [-0.15, -0.1) is 0 Å². The first-order valence-corrected chi connectivity index (χ1v) is 10.3. The van der Waals surface area contributed by atoms with Gasteiger partial charge < -0.3 is 9.84 Å². The third-order valence-electron chi connectivity index (χ3n) is 5.02. The van der Waals surface area contributed by atoms with Gasteiger partial charge in [0.05, 0.1) is 6.61 Å². The molecule has 2 nitrogen and oxygen atoms in total. The van der Waals surface area contributed by atoms with Gasteiger partial charge in [-0.2, -0.15) is 0 Å². The van der Waals surface area contributed by atoms with Crippen molar-refractivity contribution in [2.24, 2.45) is 0 Å². The average Bonchev–Trinajstić information content (AvgIpc) is 2.74. The van der Waals surface area contributed by atoms with E-state index in [1.54, 1.807) is 12.1 Å². The Balaban J connectivity index is 1.25. The van der Waals surface area contributed by atoms with Crippen LogP contribution < -0.4 is 0 Å². The van der Waals surface area contributed by atoms with Crippen LogP contribution in [0.2, 0.25) is 0 Å². The third-order valence-corrected chi connectivity index (χ3v) is 5.02. The fraction of sp³-hybridized carbons (Fsp3) is 0.308. The largest absolute Gasteiger partial charge is 0.508 e. The molecule has 2 heteroatoms. The van der Waals surface area contributed by atoms with E-state index in [1.165, 1.54) is 42.4 Å². The van der Waals surface area contributed by atoms with Crippen LogP contribution >= 0.6 is 0 Å². The Morgan fingerprint density at radius 3 is 1.89 bits per heavy atom. The van der Waals surface area contributed by atoms with Gasteiger partial charge in [0.15, 0.2) is 0 Å². The molecule has 0 amide bonds. The average molecular weight is 375 g/mol. The molecule has 1 N–H and O–H groups in total.